The van der Waals surface area contributed by atoms with Crippen molar-refractivity contribution in [3.8, 4) is 0 Å². The van der Waals surface area contributed by atoms with Gasteiger partial charge in [0.15, 0.2) is 0 Å². The van der Waals surface area contributed by atoms with Crippen LogP contribution in [-0.4, -0.2) is 59.6 Å². The summed E-state index contributed by atoms with van der Waals surface area (Å²) < 4.78 is 24.3. The maximum atomic E-state index is 10.4. The Bertz CT molecular complexity index is 352. The Kier molecular flexibility index (Phi) is 15.6. The Morgan fingerprint density at radius 3 is 2.14 bits per heavy atom. The minimum absolute atomic E-state index is 0.0592. The Hall–Kier alpha value is 0.0169. The second kappa shape index (κ2) is 16.8. The first-order valence-electron chi connectivity index (χ1n) is 11.8. The first-order chi connectivity index (χ1) is 13.7. The third-order valence-electron chi connectivity index (χ3n) is 5.70. The molecule has 1 aliphatic rings. The minimum Gasteiger partial charge on any atom is -0.397 e. The zero-order chi connectivity index (χ0) is 20.6. The van der Waals surface area contributed by atoms with Gasteiger partial charge < -0.3 is 23.4 Å². The fourth-order valence-electron chi connectivity index (χ4n) is 4.03. The molecule has 1 saturated carbocycles. The zero-order valence-corrected chi connectivity index (χ0v) is 20.0. The normalized spacial score (nSPS) is 24.0. The fourth-order valence-corrected chi connectivity index (χ4v) is 6.37. The van der Waals surface area contributed by atoms with Crippen LogP contribution in [0, 0.1) is 5.92 Å². The molecule has 0 spiro atoms. The number of ether oxygens (including phenoxy) is 2. The van der Waals surface area contributed by atoms with Crippen LogP contribution < -0.4 is 0 Å². The smallest absolute Gasteiger partial charge is 0.327 e. The molecule has 0 saturated heterocycles. The van der Waals surface area contributed by atoms with Crippen LogP contribution in [-0.2, 0) is 18.3 Å². The van der Waals surface area contributed by atoms with E-state index in [1.165, 1.54) is 25.7 Å². The number of hydrogen-bond donors (Lipinski definition) is 1. The van der Waals surface area contributed by atoms with Gasteiger partial charge in [-0.2, -0.15) is 0 Å². The van der Waals surface area contributed by atoms with Crippen molar-refractivity contribution in [1.82, 2.24) is 0 Å². The van der Waals surface area contributed by atoms with E-state index < -0.39 is 9.28 Å². The predicted molar refractivity (Wildman–Crippen MR) is 117 cm³/mol. The van der Waals surface area contributed by atoms with Crippen molar-refractivity contribution >= 4 is 9.28 Å². The molecule has 4 atom stereocenters. The average Bonchev–Trinajstić information content (AvgIpc) is 2.69. The van der Waals surface area contributed by atoms with E-state index >= 15 is 0 Å². The van der Waals surface area contributed by atoms with Crippen LogP contribution >= 0.6 is 0 Å². The van der Waals surface area contributed by atoms with Gasteiger partial charge in [0.2, 0.25) is 0 Å². The van der Waals surface area contributed by atoms with E-state index in [9.17, 15) is 5.11 Å². The molecule has 168 valence electrons. The molecule has 0 radical (unpaired) electrons. The van der Waals surface area contributed by atoms with Crippen LogP contribution in [0.4, 0.5) is 0 Å². The van der Waals surface area contributed by atoms with Crippen molar-refractivity contribution in [2.45, 2.75) is 103 Å². The van der Waals surface area contributed by atoms with Gasteiger partial charge in [0.1, 0.15) is 0 Å². The fraction of sp³-hybridized carbons (Fsp3) is 1.00. The second-order valence-corrected chi connectivity index (χ2v) is 10.2. The Balaban J connectivity index is 2.67. The van der Waals surface area contributed by atoms with E-state index in [0.717, 1.165) is 45.3 Å². The van der Waals surface area contributed by atoms with Gasteiger partial charge in [-0.15, -0.1) is 0 Å². The van der Waals surface area contributed by atoms with E-state index in [0.29, 0.717) is 31.3 Å². The summed E-state index contributed by atoms with van der Waals surface area (Å²) in [6, 6.07) is 0. The van der Waals surface area contributed by atoms with E-state index in [2.05, 4.69) is 13.8 Å². The molecule has 6 heteroatoms. The SMILES string of the molecule is CCCCCOCC(C1CCC(O)C(OCCCCC)C1)[SiH](OCC)OCC. The summed E-state index contributed by atoms with van der Waals surface area (Å²) in [5.41, 5.74) is 0.316. The molecule has 5 nitrogen and oxygen atoms in total. The lowest BCUT2D eigenvalue weighted by Gasteiger charge is -2.39. The standard InChI is InChI=1S/C22H46O5Si/c1-5-9-11-15-24-18-22(28(26-7-3)27-8-4)19-13-14-20(23)21(17-19)25-16-12-10-6-2/h19-23,28H,5-18H2,1-4H3. The third kappa shape index (κ3) is 10.2. The Morgan fingerprint density at radius 1 is 0.893 bits per heavy atom. The van der Waals surface area contributed by atoms with Crippen molar-refractivity contribution in [3.63, 3.8) is 0 Å². The molecule has 28 heavy (non-hydrogen) atoms. The molecule has 1 rings (SSSR count). The van der Waals surface area contributed by atoms with Crippen molar-refractivity contribution in [2.24, 2.45) is 5.92 Å². The zero-order valence-electron chi connectivity index (χ0n) is 18.9. The largest absolute Gasteiger partial charge is 0.397 e. The minimum atomic E-state index is -1.83. The van der Waals surface area contributed by atoms with Gasteiger partial charge in [0, 0.05) is 32.0 Å². The summed E-state index contributed by atoms with van der Waals surface area (Å²) in [4.78, 5) is 0. The second-order valence-electron chi connectivity index (χ2n) is 7.98. The Labute approximate surface area is 175 Å². The van der Waals surface area contributed by atoms with Crippen LogP contribution in [0.1, 0.15) is 85.5 Å². The van der Waals surface area contributed by atoms with Gasteiger partial charge in [-0.1, -0.05) is 39.5 Å². The van der Waals surface area contributed by atoms with Crippen LogP contribution in [0.25, 0.3) is 0 Å². The van der Waals surface area contributed by atoms with E-state index in [1.54, 1.807) is 0 Å². The van der Waals surface area contributed by atoms with Gasteiger partial charge in [0.25, 0.3) is 0 Å². The van der Waals surface area contributed by atoms with Crippen molar-refractivity contribution in [2.75, 3.05) is 33.0 Å². The molecule has 0 amide bonds. The number of aliphatic hydroxyl groups is 1. The molecule has 0 bridgehead atoms. The number of rotatable bonds is 17. The molecule has 1 aliphatic carbocycles. The number of unbranched alkanes of at least 4 members (excludes halogenated alkanes) is 4. The molecule has 0 aromatic rings. The lowest BCUT2D eigenvalue weighted by molar-refractivity contribution is -0.0762. The molecule has 0 aromatic carbocycles. The summed E-state index contributed by atoms with van der Waals surface area (Å²) in [7, 11) is -1.83. The maximum Gasteiger partial charge on any atom is 0.327 e. The highest BCUT2D eigenvalue weighted by Gasteiger charge is 2.39. The van der Waals surface area contributed by atoms with Gasteiger partial charge in [-0.25, -0.2) is 0 Å². The van der Waals surface area contributed by atoms with E-state index in [1.807, 2.05) is 13.8 Å². The molecule has 4 unspecified atom stereocenters. The molecule has 0 aliphatic heterocycles. The van der Waals surface area contributed by atoms with Gasteiger partial charge in [0.05, 0.1) is 18.8 Å². The van der Waals surface area contributed by atoms with Crippen LogP contribution in [0.15, 0.2) is 0 Å². The summed E-state index contributed by atoms with van der Waals surface area (Å²) in [5, 5.41) is 10.4. The Morgan fingerprint density at radius 2 is 1.54 bits per heavy atom. The van der Waals surface area contributed by atoms with Crippen LogP contribution in [0.3, 0.4) is 0 Å². The van der Waals surface area contributed by atoms with Crippen molar-refractivity contribution in [1.29, 1.82) is 0 Å². The molecule has 0 aromatic heterocycles. The molecular formula is C22H46O5Si. The summed E-state index contributed by atoms with van der Waals surface area (Å²) in [6.45, 7) is 12.2. The highest BCUT2D eigenvalue weighted by Crippen LogP contribution is 2.37. The lowest BCUT2D eigenvalue weighted by Crippen LogP contribution is -2.43. The van der Waals surface area contributed by atoms with Gasteiger partial charge in [-0.3, -0.25) is 0 Å². The van der Waals surface area contributed by atoms with Crippen molar-refractivity contribution in [3.05, 3.63) is 0 Å². The summed E-state index contributed by atoms with van der Waals surface area (Å²) in [6.07, 6.45) is 9.27. The van der Waals surface area contributed by atoms with Gasteiger partial charge >= 0.3 is 9.28 Å². The van der Waals surface area contributed by atoms with Crippen LogP contribution in [0.2, 0.25) is 5.54 Å². The number of aliphatic hydroxyl groups excluding tert-OH is 1. The summed E-state index contributed by atoms with van der Waals surface area (Å²) in [5.74, 6) is 0.445. The van der Waals surface area contributed by atoms with E-state index in [-0.39, 0.29) is 12.2 Å². The highest BCUT2D eigenvalue weighted by molar-refractivity contribution is 6.46. The lowest BCUT2D eigenvalue weighted by atomic mass is 9.83. The maximum absolute atomic E-state index is 10.4. The molecule has 1 fully saturated rings. The van der Waals surface area contributed by atoms with Gasteiger partial charge in [-0.05, 0) is 51.9 Å². The first kappa shape index (κ1) is 26.1. The van der Waals surface area contributed by atoms with E-state index in [4.69, 9.17) is 18.3 Å². The van der Waals surface area contributed by atoms with Crippen LogP contribution in [0.5, 0.6) is 0 Å². The topological polar surface area (TPSA) is 57.2 Å². The quantitative estimate of drug-likeness (QED) is 0.276. The molecule has 1 N–H and O–H groups in total. The molecule has 0 heterocycles. The first-order valence-corrected chi connectivity index (χ1v) is 13.4. The molecular weight excluding hydrogens is 372 g/mol. The summed E-state index contributed by atoms with van der Waals surface area (Å²) >= 11 is 0. The average molecular weight is 419 g/mol. The number of hydrogen-bond acceptors (Lipinski definition) is 5. The van der Waals surface area contributed by atoms with Crippen molar-refractivity contribution < 1.29 is 23.4 Å². The third-order valence-corrected chi connectivity index (χ3v) is 8.46. The highest BCUT2D eigenvalue weighted by atomic mass is 28.3. The monoisotopic (exact) mass is 418 g/mol. The predicted octanol–water partition coefficient (Wildman–Crippen LogP) is 4.59.